The molecule has 1 amide bonds. The first kappa shape index (κ1) is 17.4. The van der Waals surface area contributed by atoms with E-state index in [4.69, 9.17) is 9.47 Å². The van der Waals surface area contributed by atoms with Crippen molar-refractivity contribution in [3.8, 4) is 0 Å². The highest BCUT2D eigenvalue weighted by atomic mass is 16.5. The Morgan fingerprint density at radius 3 is 2.86 bits per heavy atom. The van der Waals surface area contributed by atoms with Gasteiger partial charge < -0.3 is 20.1 Å². The molecule has 6 heteroatoms. The number of nitrogens with zero attached hydrogens (tertiary/aromatic N) is 1. The van der Waals surface area contributed by atoms with Crippen molar-refractivity contribution in [1.29, 1.82) is 0 Å². The molecule has 0 fully saturated rings. The highest BCUT2D eigenvalue weighted by molar-refractivity contribution is 5.99. The predicted octanol–water partition coefficient (Wildman–Crippen LogP) is 1.60. The van der Waals surface area contributed by atoms with Gasteiger partial charge in [0.1, 0.15) is 0 Å². The predicted molar refractivity (Wildman–Crippen MR) is 82.8 cm³/mol. The van der Waals surface area contributed by atoms with Crippen molar-refractivity contribution < 1.29 is 14.3 Å². The lowest BCUT2D eigenvalue weighted by atomic mass is 10.2. The number of anilines is 1. The molecule has 0 saturated heterocycles. The summed E-state index contributed by atoms with van der Waals surface area (Å²) in [5, 5.41) is 6.06. The second-order valence-electron chi connectivity index (χ2n) is 4.62. The maximum atomic E-state index is 12.1. The van der Waals surface area contributed by atoms with Crippen LogP contribution in [0.25, 0.3) is 0 Å². The van der Waals surface area contributed by atoms with Crippen LogP contribution in [0.5, 0.6) is 0 Å². The Labute approximate surface area is 126 Å². The number of rotatable bonds is 10. The van der Waals surface area contributed by atoms with Gasteiger partial charge in [-0.15, -0.1) is 0 Å². The molecule has 1 aromatic heterocycles. The van der Waals surface area contributed by atoms with Crippen molar-refractivity contribution >= 4 is 11.6 Å². The molecule has 0 aromatic carbocycles. The molecule has 0 bridgehead atoms. The van der Waals surface area contributed by atoms with Gasteiger partial charge in [-0.3, -0.25) is 9.78 Å². The summed E-state index contributed by atoms with van der Waals surface area (Å²) in [5.74, 6) is -0.115. The number of nitrogens with one attached hydrogen (secondary N) is 2. The smallest absolute Gasteiger partial charge is 0.254 e. The molecule has 0 aliphatic rings. The van der Waals surface area contributed by atoms with E-state index in [0.29, 0.717) is 31.9 Å². The number of aryl methyl sites for hydroxylation is 1. The second-order valence-corrected chi connectivity index (χ2v) is 4.62. The molecule has 0 radical (unpaired) electrons. The fourth-order valence-corrected chi connectivity index (χ4v) is 1.79. The molecule has 0 spiro atoms. The van der Waals surface area contributed by atoms with Gasteiger partial charge >= 0.3 is 0 Å². The minimum absolute atomic E-state index is 0.115. The third-order valence-corrected chi connectivity index (χ3v) is 2.84. The number of hydrogen-bond acceptors (Lipinski definition) is 5. The van der Waals surface area contributed by atoms with Gasteiger partial charge in [-0.2, -0.15) is 0 Å². The maximum absolute atomic E-state index is 12.1. The topological polar surface area (TPSA) is 72.5 Å². The van der Waals surface area contributed by atoms with Crippen LogP contribution in [0.2, 0.25) is 0 Å². The summed E-state index contributed by atoms with van der Waals surface area (Å²) < 4.78 is 10.2. The van der Waals surface area contributed by atoms with Gasteiger partial charge in [0.2, 0.25) is 0 Å². The SMILES string of the molecule is CCNc1cc(C)ncc1C(=O)NCCCOCCOC. The monoisotopic (exact) mass is 295 g/mol. The quantitative estimate of drug-likeness (QED) is 0.642. The van der Waals surface area contributed by atoms with Crippen LogP contribution in [0.3, 0.4) is 0 Å². The van der Waals surface area contributed by atoms with Gasteiger partial charge in [0.05, 0.1) is 24.5 Å². The Morgan fingerprint density at radius 1 is 1.33 bits per heavy atom. The Hall–Kier alpha value is -1.66. The van der Waals surface area contributed by atoms with Crippen LogP contribution in [-0.2, 0) is 9.47 Å². The number of methoxy groups -OCH3 is 1. The normalized spacial score (nSPS) is 10.4. The number of hydrogen-bond donors (Lipinski definition) is 2. The summed E-state index contributed by atoms with van der Waals surface area (Å²) in [6.45, 7) is 7.01. The molecular formula is C15H25N3O3. The fraction of sp³-hybridized carbons (Fsp3) is 0.600. The summed E-state index contributed by atoms with van der Waals surface area (Å²) in [6, 6.07) is 1.88. The van der Waals surface area contributed by atoms with E-state index >= 15 is 0 Å². The average Bonchev–Trinajstić information content (AvgIpc) is 2.46. The molecule has 0 atom stereocenters. The summed E-state index contributed by atoms with van der Waals surface area (Å²) in [4.78, 5) is 16.3. The Morgan fingerprint density at radius 2 is 2.14 bits per heavy atom. The van der Waals surface area contributed by atoms with Gasteiger partial charge in [0, 0.05) is 38.7 Å². The Bertz CT molecular complexity index is 438. The van der Waals surface area contributed by atoms with E-state index in [-0.39, 0.29) is 5.91 Å². The summed E-state index contributed by atoms with van der Waals surface area (Å²) >= 11 is 0. The van der Waals surface area contributed by atoms with Crippen LogP contribution in [0.15, 0.2) is 12.3 Å². The lowest BCUT2D eigenvalue weighted by molar-refractivity contribution is 0.0688. The van der Waals surface area contributed by atoms with Crippen LogP contribution < -0.4 is 10.6 Å². The minimum atomic E-state index is -0.115. The Balaban J connectivity index is 2.38. The van der Waals surface area contributed by atoms with E-state index in [1.165, 1.54) is 0 Å². The Kier molecular flexibility index (Phi) is 8.38. The number of pyridine rings is 1. The average molecular weight is 295 g/mol. The number of amides is 1. The third kappa shape index (κ3) is 6.55. The van der Waals surface area contributed by atoms with Crippen molar-refractivity contribution in [3.05, 3.63) is 23.5 Å². The highest BCUT2D eigenvalue weighted by Gasteiger charge is 2.11. The van der Waals surface area contributed by atoms with Crippen molar-refractivity contribution in [2.75, 3.05) is 45.3 Å². The molecule has 0 aliphatic heterocycles. The molecule has 1 rings (SSSR count). The first-order valence-corrected chi connectivity index (χ1v) is 7.24. The van der Waals surface area contributed by atoms with Crippen LogP contribution in [0.1, 0.15) is 29.4 Å². The first-order chi connectivity index (χ1) is 10.2. The van der Waals surface area contributed by atoms with Crippen molar-refractivity contribution in [1.82, 2.24) is 10.3 Å². The molecule has 21 heavy (non-hydrogen) atoms. The van der Waals surface area contributed by atoms with Crippen LogP contribution in [-0.4, -0.2) is 50.9 Å². The molecule has 2 N–H and O–H groups in total. The molecule has 1 aromatic rings. The number of aromatic nitrogens is 1. The summed E-state index contributed by atoms with van der Waals surface area (Å²) in [5.41, 5.74) is 2.27. The van der Waals surface area contributed by atoms with E-state index in [1.807, 2.05) is 19.9 Å². The van der Waals surface area contributed by atoms with E-state index < -0.39 is 0 Å². The number of carbonyl (C=O) groups is 1. The summed E-state index contributed by atoms with van der Waals surface area (Å²) in [7, 11) is 1.64. The number of carbonyl (C=O) groups excluding carboxylic acids is 1. The molecule has 118 valence electrons. The van der Waals surface area contributed by atoms with Crippen LogP contribution in [0, 0.1) is 6.92 Å². The highest BCUT2D eigenvalue weighted by Crippen LogP contribution is 2.15. The van der Waals surface area contributed by atoms with Gasteiger partial charge in [-0.05, 0) is 26.3 Å². The van der Waals surface area contributed by atoms with Crippen LogP contribution in [0.4, 0.5) is 5.69 Å². The van der Waals surface area contributed by atoms with Gasteiger partial charge in [0.25, 0.3) is 5.91 Å². The molecule has 1 heterocycles. The van der Waals surface area contributed by atoms with E-state index in [0.717, 1.165) is 24.3 Å². The zero-order valence-electron chi connectivity index (χ0n) is 13.1. The molecule has 0 saturated carbocycles. The van der Waals surface area contributed by atoms with Gasteiger partial charge in [-0.1, -0.05) is 0 Å². The van der Waals surface area contributed by atoms with Gasteiger partial charge in [-0.25, -0.2) is 0 Å². The lowest BCUT2D eigenvalue weighted by Crippen LogP contribution is -2.26. The standard InChI is InChI=1S/C15H25N3O3/c1-4-16-14-10-12(2)18-11-13(14)15(19)17-6-5-7-21-9-8-20-3/h10-11H,4-9H2,1-3H3,(H,16,18)(H,17,19). The van der Waals surface area contributed by atoms with Gasteiger partial charge in [0.15, 0.2) is 0 Å². The fourth-order valence-electron chi connectivity index (χ4n) is 1.79. The lowest BCUT2D eigenvalue weighted by Gasteiger charge is -2.11. The van der Waals surface area contributed by atoms with Crippen molar-refractivity contribution in [2.45, 2.75) is 20.3 Å². The first-order valence-electron chi connectivity index (χ1n) is 7.24. The number of ether oxygens (including phenoxy) is 2. The minimum Gasteiger partial charge on any atom is -0.385 e. The third-order valence-electron chi connectivity index (χ3n) is 2.84. The van der Waals surface area contributed by atoms with E-state index in [9.17, 15) is 4.79 Å². The van der Waals surface area contributed by atoms with Crippen molar-refractivity contribution in [2.24, 2.45) is 0 Å². The zero-order chi connectivity index (χ0) is 15.5. The second kappa shape index (κ2) is 10.1. The molecule has 6 nitrogen and oxygen atoms in total. The zero-order valence-corrected chi connectivity index (χ0v) is 13.1. The van der Waals surface area contributed by atoms with Crippen molar-refractivity contribution in [3.63, 3.8) is 0 Å². The molecule has 0 unspecified atom stereocenters. The summed E-state index contributed by atoms with van der Waals surface area (Å²) in [6.07, 6.45) is 2.38. The maximum Gasteiger partial charge on any atom is 0.254 e. The van der Waals surface area contributed by atoms with E-state index in [2.05, 4.69) is 15.6 Å². The largest absolute Gasteiger partial charge is 0.385 e. The van der Waals surface area contributed by atoms with E-state index in [1.54, 1.807) is 13.3 Å². The van der Waals surface area contributed by atoms with Crippen LogP contribution >= 0.6 is 0 Å². The molecule has 0 aliphatic carbocycles. The molecular weight excluding hydrogens is 270 g/mol.